The van der Waals surface area contributed by atoms with Gasteiger partial charge in [0.05, 0.1) is 5.92 Å². The molecule has 1 aliphatic carbocycles. The van der Waals surface area contributed by atoms with Gasteiger partial charge in [0.25, 0.3) is 11.8 Å². The van der Waals surface area contributed by atoms with Crippen LogP contribution in [0.5, 0.6) is 5.75 Å². The highest BCUT2D eigenvalue weighted by Crippen LogP contribution is 2.46. The van der Waals surface area contributed by atoms with Crippen molar-refractivity contribution >= 4 is 69.3 Å². The number of aromatic nitrogens is 1. The Bertz CT molecular complexity index is 2840. The molecule has 0 radical (unpaired) electrons. The van der Waals surface area contributed by atoms with E-state index in [9.17, 15) is 34.2 Å². The van der Waals surface area contributed by atoms with Crippen LogP contribution in [0.3, 0.4) is 0 Å². The van der Waals surface area contributed by atoms with Gasteiger partial charge in [-0.15, -0.1) is 12.4 Å². The molecule has 5 aliphatic rings. The number of nitrogens with one attached hydrogen (secondary N) is 3. The third kappa shape index (κ3) is 11.1. The van der Waals surface area contributed by atoms with Crippen LogP contribution in [0.25, 0.3) is 27.2 Å². The molecule has 0 saturated carbocycles. The van der Waals surface area contributed by atoms with Crippen molar-refractivity contribution in [3.05, 3.63) is 120 Å². The summed E-state index contributed by atoms with van der Waals surface area (Å²) in [6.07, 6.45) is 1.35. The molecule has 0 bridgehead atoms. The highest BCUT2D eigenvalue weighted by atomic mass is 35.5. The maximum atomic E-state index is 14.2. The Morgan fingerprint density at radius 1 is 0.918 bits per heavy atom. The van der Waals surface area contributed by atoms with Gasteiger partial charge < -0.3 is 55.9 Å². The number of H-pyrrole nitrogens is 1. The minimum absolute atomic E-state index is 0. The van der Waals surface area contributed by atoms with Crippen LogP contribution in [0.15, 0.2) is 103 Å². The molecule has 3 fully saturated rings. The van der Waals surface area contributed by atoms with Crippen LogP contribution in [0, 0.1) is 5.92 Å². The summed E-state index contributed by atoms with van der Waals surface area (Å²) < 4.78 is 12.0. The maximum absolute atomic E-state index is 14.2. The van der Waals surface area contributed by atoms with E-state index >= 15 is 0 Å². The standard InChI is InChI=1S/C33H35N5O5.C16H21NO2.C4H6O6.ClH/c1-32(35-29(39)21-15-23-22-10-6-11-24-28(22)20(17-34-24)16-25(23)36(2)18-21)31(41)38-26(14-19-8-4-3-5-9-19)30(40)37-13-7-12-27(37)33(38,42)43-32;1-12(2)17-10-14(18)11-19-16-9-5-7-13-6-3-4-8-15(13)16;5-1(3(7)8)2(6)4(9)10;/h3-6,8-11,15,17,21,25-27,34,42H,7,12-14,16,18H2,1-2H3,(H,35,39);3-9,12,14,17-18H,10-11H2,1-2H3;1-2,5-6H,(H,7,8)(H,9,10);1H/t21-,25-,26+,27+,32-,33+;;;/m1.../s1. The molecule has 3 amide bonds. The minimum atomic E-state index is -2.27. The first kappa shape index (κ1) is 54.4. The number of nitrogens with zero attached hydrogens (tertiary/aromatic N) is 3. The second-order valence-electron chi connectivity index (χ2n) is 19.4. The van der Waals surface area contributed by atoms with E-state index < -0.39 is 65.8 Å². The number of hydrogen-bond donors (Lipinski definition) is 9. The van der Waals surface area contributed by atoms with Crippen molar-refractivity contribution in [2.75, 3.05) is 33.3 Å². The summed E-state index contributed by atoms with van der Waals surface area (Å²) in [5.74, 6) is -6.48. The molecule has 3 saturated heterocycles. The molecule has 1 aromatic heterocycles. The zero-order valence-corrected chi connectivity index (χ0v) is 41.7. The molecule has 4 aliphatic heterocycles. The van der Waals surface area contributed by atoms with Crippen molar-refractivity contribution in [2.24, 2.45) is 5.92 Å². The van der Waals surface area contributed by atoms with Gasteiger partial charge in [0.15, 0.2) is 12.2 Å². The number of rotatable bonds is 13. The number of aliphatic hydroxyl groups excluding tert-OH is 3. The molecular weight excluding hydrogens is 964 g/mol. The van der Waals surface area contributed by atoms with E-state index in [1.165, 1.54) is 22.8 Å². The zero-order chi connectivity index (χ0) is 51.6. The number of piperazine rings is 1. The Hall–Kier alpha value is -6.42. The summed E-state index contributed by atoms with van der Waals surface area (Å²) in [4.78, 5) is 69.8. The first-order valence-corrected chi connectivity index (χ1v) is 24.1. The number of carbonyl (C=O) groups is 5. The summed E-state index contributed by atoms with van der Waals surface area (Å²) in [6, 6.07) is 28.5. The van der Waals surface area contributed by atoms with Crippen molar-refractivity contribution in [3.8, 4) is 5.75 Å². The van der Waals surface area contributed by atoms with Crippen LogP contribution in [0.1, 0.15) is 50.3 Å². The number of aliphatic hydroxyl groups is 4. The molecule has 73 heavy (non-hydrogen) atoms. The predicted molar refractivity (Wildman–Crippen MR) is 271 cm³/mol. The molecule has 3 unspecified atom stereocenters. The second kappa shape index (κ2) is 22.4. The van der Waals surface area contributed by atoms with Crippen LogP contribution in [0.2, 0.25) is 0 Å². The average molecular weight is 1030 g/mol. The largest absolute Gasteiger partial charge is 0.490 e. The van der Waals surface area contributed by atoms with Crippen molar-refractivity contribution in [1.29, 1.82) is 0 Å². The number of aliphatic carboxylic acids is 2. The van der Waals surface area contributed by atoms with Gasteiger partial charge in [-0.05, 0) is 73.0 Å². The first-order valence-electron chi connectivity index (χ1n) is 24.1. The SMILES string of the molecule is CC(C)NCC(O)COc1cccc2ccccc12.CN1C[C@H](C(=O)N[C@]2(C)O[C@@]3(O)[C@@H]4CCCN4C(=O)[C@H](Cc4ccccc4)N3C2=O)C=C2c3cccc4[nH]cc(c34)C[C@H]21.Cl.O=C(O)C(O)C(O)C(=O)O. The van der Waals surface area contributed by atoms with E-state index in [0.29, 0.717) is 45.1 Å². The van der Waals surface area contributed by atoms with Crippen molar-refractivity contribution in [3.63, 3.8) is 0 Å². The molecule has 4 aromatic carbocycles. The normalized spacial score (nSPS) is 25.1. The van der Waals surface area contributed by atoms with Gasteiger partial charge in [-0.25, -0.2) is 9.59 Å². The van der Waals surface area contributed by atoms with Crippen LogP contribution in [0.4, 0.5) is 0 Å². The van der Waals surface area contributed by atoms with E-state index in [1.807, 2.05) is 79.9 Å². The highest BCUT2D eigenvalue weighted by Gasteiger charge is 2.70. The van der Waals surface area contributed by atoms with Gasteiger partial charge in [0, 0.05) is 60.6 Å². The van der Waals surface area contributed by atoms with Gasteiger partial charge in [-0.3, -0.25) is 28.9 Å². The molecule has 0 spiro atoms. The van der Waals surface area contributed by atoms with Crippen molar-refractivity contribution < 1.29 is 64.1 Å². The number of fused-ring (bicyclic) bond motifs is 6. The first-order chi connectivity index (χ1) is 34.3. The Morgan fingerprint density at radius 3 is 2.29 bits per heavy atom. The minimum Gasteiger partial charge on any atom is -0.490 e. The monoisotopic (exact) mass is 1030 g/mol. The number of likely N-dealkylation sites (N-methyl/N-ethyl adjacent to an activating group) is 1. The number of halogens is 1. The van der Waals surface area contributed by atoms with Crippen LogP contribution in [-0.2, 0) is 41.6 Å². The van der Waals surface area contributed by atoms with Crippen LogP contribution < -0.4 is 15.4 Å². The molecule has 20 heteroatoms. The number of benzene rings is 4. The number of carbonyl (C=O) groups excluding carboxylic acids is 3. The molecule has 9 N–H and O–H groups in total. The molecule has 9 atom stereocenters. The van der Waals surface area contributed by atoms with Gasteiger partial charge >= 0.3 is 11.9 Å². The van der Waals surface area contributed by atoms with Gasteiger partial charge in [0.1, 0.15) is 30.5 Å². The molecule has 5 aromatic rings. The fourth-order valence-corrected chi connectivity index (χ4v) is 10.3. The smallest absolute Gasteiger partial charge is 0.335 e. The number of carboxylic acids is 2. The number of ether oxygens (including phenoxy) is 2. The third-order valence-electron chi connectivity index (χ3n) is 13.9. The maximum Gasteiger partial charge on any atom is 0.335 e. The van der Waals surface area contributed by atoms with E-state index in [0.717, 1.165) is 45.2 Å². The molecule has 390 valence electrons. The van der Waals surface area contributed by atoms with Gasteiger partial charge in [0.2, 0.25) is 17.5 Å². The molecule has 19 nitrogen and oxygen atoms in total. The summed E-state index contributed by atoms with van der Waals surface area (Å²) in [5, 5.41) is 63.9. The predicted octanol–water partition coefficient (Wildman–Crippen LogP) is 2.87. The highest BCUT2D eigenvalue weighted by molar-refractivity contribution is 6.01. The molecular formula is C53H63ClN6O13. The Balaban J connectivity index is 0.000000215. The Kier molecular flexibility index (Phi) is 16.7. The van der Waals surface area contributed by atoms with Crippen molar-refractivity contribution in [1.82, 2.24) is 30.3 Å². The second-order valence-corrected chi connectivity index (χ2v) is 19.4. The third-order valence-corrected chi connectivity index (χ3v) is 13.9. The lowest BCUT2D eigenvalue weighted by atomic mass is 9.79. The summed E-state index contributed by atoms with van der Waals surface area (Å²) >= 11 is 0. The summed E-state index contributed by atoms with van der Waals surface area (Å²) in [5.41, 5.74) is 3.58. The Labute approximate surface area is 427 Å². The van der Waals surface area contributed by atoms with Crippen LogP contribution in [-0.4, -0.2) is 167 Å². The lowest BCUT2D eigenvalue weighted by molar-refractivity contribution is -0.315. The van der Waals surface area contributed by atoms with Gasteiger partial charge in [-0.2, -0.15) is 0 Å². The number of hydrogen-bond acceptors (Lipinski definition) is 13. The average Bonchev–Trinajstić information content (AvgIpc) is 4.08. The zero-order valence-electron chi connectivity index (χ0n) is 40.9. The topological polar surface area (TPSA) is 275 Å². The summed E-state index contributed by atoms with van der Waals surface area (Å²) in [6.45, 7) is 7.40. The van der Waals surface area contributed by atoms with E-state index in [1.54, 1.807) is 4.90 Å². The number of amides is 3. The molecule has 5 heterocycles. The summed E-state index contributed by atoms with van der Waals surface area (Å²) in [7, 11) is 2.02. The fraction of sp³-hybridized carbons (Fsp3) is 0.415. The van der Waals surface area contributed by atoms with E-state index in [4.69, 9.17) is 29.9 Å². The number of carboxylic acid groups (broad SMARTS) is 2. The lowest BCUT2D eigenvalue weighted by Gasteiger charge is -2.48. The van der Waals surface area contributed by atoms with Crippen LogP contribution >= 0.6 is 12.4 Å². The quantitative estimate of drug-likeness (QED) is 0.0821. The fourth-order valence-electron chi connectivity index (χ4n) is 10.3. The van der Waals surface area contributed by atoms with Crippen molar-refractivity contribution in [2.45, 2.75) is 101 Å². The van der Waals surface area contributed by atoms with E-state index in [2.05, 4.69) is 64.8 Å². The lowest BCUT2D eigenvalue weighted by Crippen LogP contribution is -2.71. The molecule has 10 rings (SSSR count). The van der Waals surface area contributed by atoms with Gasteiger partial charge in [-0.1, -0.05) is 98.8 Å². The van der Waals surface area contributed by atoms with E-state index in [-0.39, 0.29) is 36.7 Å². The Morgan fingerprint density at radius 2 is 1.59 bits per heavy atom. The number of aromatic amines is 1.